The van der Waals surface area contributed by atoms with E-state index >= 15 is 0 Å². The Hall–Kier alpha value is -2.36. The quantitative estimate of drug-likeness (QED) is 0.535. The van der Waals surface area contributed by atoms with Gasteiger partial charge in [0.2, 0.25) is 0 Å². The molecule has 0 amide bonds. The van der Waals surface area contributed by atoms with Crippen LogP contribution < -0.4 is 11.2 Å². The molecule has 8 nitrogen and oxygen atoms in total. The van der Waals surface area contributed by atoms with Gasteiger partial charge in [-0.05, 0) is 13.8 Å². The van der Waals surface area contributed by atoms with Crippen molar-refractivity contribution in [3.05, 3.63) is 32.6 Å². The van der Waals surface area contributed by atoms with Gasteiger partial charge in [0.25, 0.3) is 5.56 Å². The van der Waals surface area contributed by atoms with Gasteiger partial charge in [-0.25, -0.2) is 4.79 Å². The van der Waals surface area contributed by atoms with Crippen LogP contribution in [0.3, 0.4) is 0 Å². The molecule has 0 spiro atoms. The molecule has 160 valence electrons. The molecule has 2 rings (SSSR count). The number of terminal acetylenes is 1. The highest BCUT2D eigenvalue weighted by Gasteiger charge is 2.40. The molecule has 29 heavy (non-hydrogen) atoms. The number of aromatic amines is 1. The number of aromatic nitrogens is 2. The minimum Gasteiger partial charge on any atom is -0.454 e. The van der Waals surface area contributed by atoms with Crippen LogP contribution in [0.4, 0.5) is 13.2 Å². The number of rotatable bonds is 6. The molecule has 0 radical (unpaired) electrons. The highest BCUT2D eigenvalue weighted by Crippen LogP contribution is 2.32. The first kappa shape index (κ1) is 22.9. The van der Waals surface area contributed by atoms with Crippen molar-refractivity contribution in [2.75, 3.05) is 13.2 Å². The average Bonchev–Trinajstić information content (AvgIpc) is 2.99. The molecule has 12 heteroatoms. The van der Waals surface area contributed by atoms with Crippen LogP contribution >= 0.6 is 12.2 Å². The van der Waals surface area contributed by atoms with Gasteiger partial charge in [-0.15, -0.1) is 6.42 Å². The third kappa shape index (κ3) is 6.06. The Kier molecular flexibility index (Phi) is 7.45. The second-order valence-electron chi connectivity index (χ2n) is 6.35. The van der Waals surface area contributed by atoms with Crippen LogP contribution in [0.25, 0.3) is 0 Å². The maximum absolute atomic E-state index is 13.0. The number of hydrogen-bond acceptors (Lipinski definition) is 7. The molecule has 0 bridgehead atoms. The number of alkyl halides is 3. The fraction of sp³-hybridized carbons (Fsp3) is 0.588. The molecule has 1 aliphatic heterocycles. The Morgan fingerprint density at radius 3 is 2.76 bits per heavy atom. The van der Waals surface area contributed by atoms with E-state index in [9.17, 15) is 22.8 Å². The Balaban J connectivity index is 2.22. The van der Waals surface area contributed by atoms with Crippen molar-refractivity contribution in [2.45, 2.75) is 51.0 Å². The van der Waals surface area contributed by atoms with E-state index in [4.69, 9.17) is 37.6 Å². The fourth-order valence-corrected chi connectivity index (χ4v) is 2.89. The summed E-state index contributed by atoms with van der Waals surface area (Å²) in [7, 11) is 0. The summed E-state index contributed by atoms with van der Waals surface area (Å²) in [4.78, 5) is 25.1. The number of halogens is 3. The third-order valence-corrected chi connectivity index (χ3v) is 4.06. The molecule has 2 heterocycles. The van der Waals surface area contributed by atoms with Gasteiger partial charge in [0.05, 0.1) is 12.2 Å². The van der Waals surface area contributed by atoms with E-state index in [0.717, 1.165) is 0 Å². The predicted molar refractivity (Wildman–Crippen MR) is 98.2 cm³/mol. The number of hydrogen-bond donors (Lipinski definition) is 1. The minimum atomic E-state index is -4.94. The van der Waals surface area contributed by atoms with Crippen molar-refractivity contribution in [2.24, 2.45) is 0 Å². The SMILES string of the molecule is C#CCO[C@H]1C[C@H](n2cc(C(F)(F)F)c(=O)[nH]c2=O)O[C@@H]1COC(=S)OC(C)C. The normalized spacial score (nSPS) is 21.8. The Bertz CT molecular complexity index is 889. The monoisotopic (exact) mass is 436 g/mol. The van der Waals surface area contributed by atoms with E-state index in [1.807, 2.05) is 0 Å². The van der Waals surface area contributed by atoms with Crippen LogP contribution in [0.5, 0.6) is 0 Å². The summed E-state index contributed by atoms with van der Waals surface area (Å²) in [5.41, 5.74) is -4.11. The minimum absolute atomic E-state index is 0.00322. The first-order valence-corrected chi connectivity index (χ1v) is 8.90. The molecule has 1 N–H and O–H groups in total. The number of nitrogens with one attached hydrogen (secondary N) is 1. The average molecular weight is 436 g/mol. The molecule has 3 atom stereocenters. The highest BCUT2D eigenvalue weighted by molar-refractivity contribution is 7.79. The molecule has 0 aromatic carbocycles. The lowest BCUT2D eigenvalue weighted by molar-refractivity contribution is -0.139. The molecule has 1 saturated heterocycles. The van der Waals surface area contributed by atoms with Gasteiger partial charge in [0.15, 0.2) is 0 Å². The standard InChI is InChI=1S/C17H19F3N2O6S/c1-4-5-25-11-6-13(28-12(11)8-26-16(29)27-9(2)3)22-7-10(17(18,19)20)14(23)21-15(22)24/h1,7,9,11-13H,5-6,8H2,2-3H3,(H,21,23,24)/t11-,12+,13+/m0/s1. The van der Waals surface area contributed by atoms with Crippen LogP contribution in [0.1, 0.15) is 32.1 Å². The van der Waals surface area contributed by atoms with Gasteiger partial charge in [0, 0.05) is 24.8 Å². The largest absolute Gasteiger partial charge is 0.454 e. The molecule has 1 aliphatic rings. The van der Waals surface area contributed by atoms with Gasteiger partial charge in [-0.2, -0.15) is 13.2 Å². The molecular formula is C17H19F3N2O6S. The van der Waals surface area contributed by atoms with Crippen molar-refractivity contribution < 1.29 is 32.1 Å². The third-order valence-electron chi connectivity index (χ3n) is 3.84. The van der Waals surface area contributed by atoms with Crippen molar-refractivity contribution in [1.29, 1.82) is 0 Å². The van der Waals surface area contributed by atoms with E-state index in [0.29, 0.717) is 10.8 Å². The molecule has 1 fully saturated rings. The van der Waals surface area contributed by atoms with Crippen molar-refractivity contribution in [3.63, 3.8) is 0 Å². The zero-order valence-corrected chi connectivity index (χ0v) is 16.3. The van der Waals surface area contributed by atoms with Crippen molar-refractivity contribution in [1.82, 2.24) is 9.55 Å². The van der Waals surface area contributed by atoms with Gasteiger partial charge >= 0.3 is 17.1 Å². The second-order valence-corrected chi connectivity index (χ2v) is 6.69. The summed E-state index contributed by atoms with van der Waals surface area (Å²) in [5.74, 6) is 2.27. The molecule has 0 unspecified atom stereocenters. The first-order valence-electron chi connectivity index (χ1n) is 8.49. The Labute approximate surface area is 168 Å². The van der Waals surface area contributed by atoms with Crippen LogP contribution in [-0.4, -0.2) is 46.3 Å². The number of nitrogens with zero attached hydrogens (tertiary/aromatic N) is 1. The van der Waals surface area contributed by atoms with E-state index in [1.165, 1.54) is 0 Å². The molecule has 1 aromatic heterocycles. The van der Waals surface area contributed by atoms with Crippen LogP contribution in [0.2, 0.25) is 0 Å². The van der Waals surface area contributed by atoms with Gasteiger partial charge in [-0.3, -0.25) is 14.3 Å². The van der Waals surface area contributed by atoms with Crippen molar-refractivity contribution >= 4 is 17.5 Å². The second kappa shape index (κ2) is 9.43. The highest BCUT2D eigenvalue weighted by atomic mass is 32.1. The topological polar surface area (TPSA) is 91.8 Å². The lowest BCUT2D eigenvalue weighted by Crippen LogP contribution is -2.36. The number of ether oxygens (including phenoxy) is 4. The van der Waals surface area contributed by atoms with Crippen LogP contribution in [0, 0.1) is 12.3 Å². The fourth-order valence-electron chi connectivity index (χ4n) is 2.63. The van der Waals surface area contributed by atoms with Gasteiger partial charge in [-0.1, -0.05) is 5.92 Å². The van der Waals surface area contributed by atoms with Crippen molar-refractivity contribution in [3.8, 4) is 12.3 Å². The Morgan fingerprint density at radius 2 is 2.17 bits per heavy atom. The summed E-state index contributed by atoms with van der Waals surface area (Å²) in [6.45, 7) is 3.27. The number of H-pyrrole nitrogens is 1. The van der Waals surface area contributed by atoms with E-state index in [-0.39, 0.29) is 31.0 Å². The number of thiocarbonyl (C=S) groups is 1. The van der Waals surface area contributed by atoms with E-state index in [2.05, 4.69) is 5.92 Å². The van der Waals surface area contributed by atoms with Gasteiger partial charge in [0.1, 0.15) is 31.1 Å². The lowest BCUT2D eigenvalue weighted by Gasteiger charge is -2.19. The van der Waals surface area contributed by atoms with Crippen LogP contribution in [-0.2, 0) is 25.1 Å². The molecule has 0 aliphatic carbocycles. The summed E-state index contributed by atoms with van der Waals surface area (Å²) < 4.78 is 61.2. The van der Waals surface area contributed by atoms with Gasteiger partial charge < -0.3 is 18.9 Å². The van der Waals surface area contributed by atoms with E-state index < -0.39 is 41.4 Å². The smallest absolute Gasteiger partial charge is 0.423 e. The zero-order valence-electron chi connectivity index (χ0n) is 15.5. The molecule has 1 aromatic rings. The summed E-state index contributed by atoms with van der Waals surface area (Å²) >= 11 is 4.91. The van der Waals surface area contributed by atoms with E-state index in [1.54, 1.807) is 18.8 Å². The lowest BCUT2D eigenvalue weighted by atomic mass is 10.2. The predicted octanol–water partition coefficient (Wildman–Crippen LogP) is 1.59. The summed E-state index contributed by atoms with van der Waals surface area (Å²) in [6.07, 6.45) is -2.19. The maximum atomic E-state index is 13.0. The maximum Gasteiger partial charge on any atom is 0.423 e. The molecule has 0 saturated carbocycles. The Morgan fingerprint density at radius 1 is 1.48 bits per heavy atom. The zero-order chi connectivity index (χ0) is 21.8. The van der Waals surface area contributed by atoms with Crippen LogP contribution in [0.15, 0.2) is 15.8 Å². The summed E-state index contributed by atoms with van der Waals surface area (Å²) in [5, 5.41) is -0.136. The summed E-state index contributed by atoms with van der Waals surface area (Å²) in [6, 6.07) is 0. The first-order chi connectivity index (χ1) is 13.5. The molecular weight excluding hydrogens is 417 g/mol.